The molecule has 0 aliphatic rings. The Morgan fingerprint density at radius 1 is 1.20 bits per heavy atom. The van der Waals surface area contributed by atoms with Crippen LogP contribution >= 0.6 is 11.8 Å². The number of rotatable bonds is 8. The molecule has 9 heteroatoms. The highest BCUT2D eigenvalue weighted by atomic mass is 32.2. The van der Waals surface area contributed by atoms with Crippen LogP contribution in [-0.2, 0) is 9.53 Å². The summed E-state index contributed by atoms with van der Waals surface area (Å²) in [5.74, 6) is -0.817. The fourth-order valence-electron chi connectivity index (χ4n) is 2.68. The largest absolute Gasteiger partial charge is 0.482 e. The molecule has 0 atom stereocenters. The number of amides is 1. The van der Waals surface area contributed by atoms with Crippen molar-refractivity contribution in [2.24, 2.45) is 0 Å². The number of nitrogens with one attached hydrogen (secondary N) is 1. The predicted octanol–water partition coefficient (Wildman–Crippen LogP) is 3.93. The van der Waals surface area contributed by atoms with E-state index in [1.807, 2.05) is 6.26 Å². The minimum atomic E-state index is -0.472. The third kappa shape index (κ3) is 5.18. The summed E-state index contributed by atoms with van der Waals surface area (Å²) in [6.45, 7) is 1.77. The number of carbonyl (C=O) groups excluding carboxylic acids is 2. The zero-order valence-corrected chi connectivity index (χ0v) is 17.2. The zero-order valence-electron chi connectivity index (χ0n) is 16.4. The quantitative estimate of drug-likeness (QED) is 0.432. The Kier molecular flexibility index (Phi) is 7.08. The van der Waals surface area contributed by atoms with Gasteiger partial charge in [0.2, 0.25) is 0 Å². The molecule has 0 spiro atoms. The molecule has 1 aromatic heterocycles. The maximum absolute atomic E-state index is 13.3. The first-order valence-corrected chi connectivity index (χ1v) is 10.3. The van der Waals surface area contributed by atoms with E-state index in [-0.39, 0.29) is 19.0 Å². The molecule has 3 rings (SSSR count). The van der Waals surface area contributed by atoms with Gasteiger partial charge in [-0.15, -0.1) is 0 Å². The summed E-state index contributed by atoms with van der Waals surface area (Å²) in [7, 11) is 0. The lowest BCUT2D eigenvalue weighted by atomic mass is 10.2. The highest BCUT2D eigenvalue weighted by molar-refractivity contribution is 7.98. The van der Waals surface area contributed by atoms with Gasteiger partial charge in [0.1, 0.15) is 17.3 Å². The standard InChI is InChI=1S/C21H20FN3O4S/c1-3-28-19(26)13-29-17-6-4-5-15(11-17)24-20(27)18-12-23-21(30-2)25(18)16-9-7-14(22)8-10-16/h4-12H,3,13H2,1-2H3,(H,24,27). The number of ether oxygens (including phenoxy) is 2. The number of carbonyl (C=O) groups is 2. The van der Waals surface area contributed by atoms with Crippen molar-refractivity contribution >= 4 is 29.3 Å². The van der Waals surface area contributed by atoms with E-state index in [0.29, 0.717) is 28.0 Å². The summed E-state index contributed by atoms with van der Waals surface area (Å²) in [5.41, 5.74) is 1.40. The van der Waals surface area contributed by atoms with Crippen LogP contribution in [0.15, 0.2) is 59.9 Å². The Labute approximate surface area is 177 Å². The van der Waals surface area contributed by atoms with Gasteiger partial charge < -0.3 is 14.8 Å². The summed E-state index contributed by atoms with van der Waals surface area (Å²) in [6.07, 6.45) is 3.31. The van der Waals surface area contributed by atoms with E-state index in [0.717, 1.165) is 0 Å². The smallest absolute Gasteiger partial charge is 0.344 e. The van der Waals surface area contributed by atoms with Crippen LogP contribution < -0.4 is 10.1 Å². The van der Waals surface area contributed by atoms with Gasteiger partial charge in [-0.2, -0.15) is 0 Å². The SMILES string of the molecule is CCOC(=O)COc1cccc(NC(=O)c2cnc(SC)n2-c2ccc(F)cc2)c1. The number of nitrogens with zero attached hydrogens (tertiary/aromatic N) is 2. The second-order valence-corrected chi connectivity index (χ2v) is 6.79. The van der Waals surface area contributed by atoms with Crippen molar-refractivity contribution in [2.45, 2.75) is 12.1 Å². The lowest BCUT2D eigenvalue weighted by Crippen LogP contribution is -2.17. The minimum Gasteiger partial charge on any atom is -0.482 e. The van der Waals surface area contributed by atoms with E-state index in [2.05, 4.69) is 10.3 Å². The Balaban J connectivity index is 1.78. The molecule has 1 N–H and O–H groups in total. The van der Waals surface area contributed by atoms with Crippen LogP contribution in [0.5, 0.6) is 5.75 Å². The van der Waals surface area contributed by atoms with Crippen LogP contribution in [0.4, 0.5) is 10.1 Å². The van der Waals surface area contributed by atoms with E-state index >= 15 is 0 Å². The maximum atomic E-state index is 13.3. The van der Waals surface area contributed by atoms with Gasteiger partial charge in [0.25, 0.3) is 5.91 Å². The van der Waals surface area contributed by atoms with E-state index in [4.69, 9.17) is 9.47 Å². The summed E-state index contributed by atoms with van der Waals surface area (Å²) < 4.78 is 25.2. The lowest BCUT2D eigenvalue weighted by Gasteiger charge is -2.12. The second kappa shape index (κ2) is 9.93. The van der Waals surface area contributed by atoms with Crippen molar-refractivity contribution < 1.29 is 23.5 Å². The molecule has 30 heavy (non-hydrogen) atoms. The molecule has 0 unspecified atom stereocenters. The Morgan fingerprint density at radius 2 is 1.97 bits per heavy atom. The topological polar surface area (TPSA) is 82.4 Å². The number of hydrogen-bond acceptors (Lipinski definition) is 6. The van der Waals surface area contributed by atoms with E-state index in [1.54, 1.807) is 47.9 Å². The molecule has 156 valence electrons. The fraction of sp³-hybridized carbons (Fsp3) is 0.190. The molecule has 1 amide bonds. The zero-order chi connectivity index (χ0) is 21.5. The summed E-state index contributed by atoms with van der Waals surface area (Å²) >= 11 is 1.37. The monoisotopic (exact) mass is 429 g/mol. The van der Waals surface area contributed by atoms with Crippen LogP contribution in [0.25, 0.3) is 5.69 Å². The Bertz CT molecular complexity index is 1040. The number of benzene rings is 2. The molecule has 0 radical (unpaired) electrons. The molecule has 0 aliphatic heterocycles. The molecule has 0 bridgehead atoms. The van der Waals surface area contributed by atoms with Crippen molar-refractivity contribution in [2.75, 3.05) is 24.8 Å². The summed E-state index contributed by atoms with van der Waals surface area (Å²) in [5, 5.41) is 3.39. The number of halogens is 1. The molecular formula is C21H20FN3O4S. The molecule has 0 saturated heterocycles. The van der Waals surface area contributed by atoms with E-state index in [9.17, 15) is 14.0 Å². The van der Waals surface area contributed by atoms with E-state index in [1.165, 1.54) is 30.1 Å². The maximum Gasteiger partial charge on any atom is 0.344 e. The first-order chi connectivity index (χ1) is 14.5. The van der Waals surface area contributed by atoms with Crippen LogP contribution in [0.2, 0.25) is 0 Å². The van der Waals surface area contributed by atoms with Gasteiger partial charge in [-0.3, -0.25) is 9.36 Å². The molecule has 0 fully saturated rings. The first-order valence-electron chi connectivity index (χ1n) is 9.09. The number of hydrogen-bond donors (Lipinski definition) is 1. The minimum absolute atomic E-state index is 0.223. The lowest BCUT2D eigenvalue weighted by molar-refractivity contribution is -0.145. The van der Waals surface area contributed by atoms with Crippen molar-refractivity contribution in [3.63, 3.8) is 0 Å². The van der Waals surface area contributed by atoms with Gasteiger partial charge in [0, 0.05) is 17.4 Å². The van der Waals surface area contributed by atoms with Crippen LogP contribution in [0.3, 0.4) is 0 Å². The van der Waals surface area contributed by atoms with Gasteiger partial charge in [0.05, 0.1) is 12.8 Å². The first kappa shape index (κ1) is 21.4. The third-order valence-corrected chi connectivity index (χ3v) is 4.64. The van der Waals surface area contributed by atoms with Gasteiger partial charge in [-0.25, -0.2) is 14.2 Å². The average molecular weight is 429 g/mol. The van der Waals surface area contributed by atoms with Crippen LogP contribution in [0, 0.1) is 5.82 Å². The summed E-state index contributed by atoms with van der Waals surface area (Å²) in [4.78, 5) is 28.6. The molecule has 1 heterocycles. The van der Waals surface area contributed by atoms with Crippen LogP contribution in [-0.4, -0.2) is 40.9 Å². The molecular weight excluding hydrogens is 409 g/mol. The third-order valence-electron chi connectivity index (χ3n) is 3.98. The van der Waals surface area contributed by atoms with Crippen LogP contribution in [0.1, 0.15) is 17.4 Å². The molecule has 0 saturated carbocycles. The average Bonchev–Trinajstić information content (AvgIpc) is 3.18. The van der Waals surface area contributed by atoms with E-state index < -0.39 is 11.9 Å². The van der Waals surface area contributed by atoms with Crippen molar-refractivity contribution in [3.8, 4) is 11.4 Å². The molecule has 3 aromatic rings. The molecule has 0 aliphatic carbocycles. The van der Waals surface area contributed by atoms with Gasteiger partial charge >= 0.3 is 5.97 Å². The number of esters is 1. The number of anilines is 1. The number of imidazole rings is 1. The van der Waals surface area contributed by atoms with Gasteiger partial charge in [0.15, 0.2) is 11.8 Å². The molecule has 2 aromatic carbocycles. The van der Waals surface area contributed by atoms with Crippen molar-refractivity contribution in [1.82, 2.24) is 9.55 Å². The van der Waals surface area contributed by atoms with Gasteiger partial charge in [-0.05, 0) is 49.6 Å². The predicted molar refractivity (Wildman–Crippen MR) is 112 cm³/mol. The van der Waals surface area contributed by atoms with Crippen molar-refractivity contribution in [1.29, 1.82) is 0 Å². The number of aromatic nitrogens is 2. The summed E-state index contributed by atoms with van der Waals surface area (Å²) in [6, 6.07) is 12.5. The Hall–Kier alpha value is -3.33. The van der Waals surface area contributed by atoms with Crippen molar-refractivity contribution in [3.05, 3.63) is 66.2 Å². The highest BCUT2D eigenvalue weighted by Gasteiger charge is 2.18. The molecule has 7 nitrogen and oxygen atoms in total. The number of thioether (sulfide) groups is 1. The highest BCUT2D eigenvalue weighted by Crippen LogP contribution is 2.24. The Morgan fingerprint density at radius 3 is 2.67 bits per heavy atom. The van der Waals surface area contributed by atoms with Gasteiger partial charge in [-0.1, -0.05) is 17.8 Å². The second-order valence-electron chi connectivity index (χ2n) is 6.02. The fourth-order valence-corrected chi connectivity index (χ4v) is 3.23. The normalized spacial score (nSPS) is 10.5.